The van der Waals surface area contributed by atoms with E-state index in [1.54, 1.807) is 0 Å². The van der Waals surface area contributed by atoms with Crippen molar-refractivity contribution in [2.45, 2.75) is 25.6 Å². The first-order valence-corrected chi connectivity index (χ1v) is 4.88. The predicted octanol–water partition coefficient (Wildman–Crippen LogP) is 2.79. The highest BCUT2D eigenvalue weighted by molar-refractivity contribution is 5.43. The minimum atomic E-state index is -4.37. The maximum Gasteiger partial charge on any atom is 0.417 e. The molecule has 0 fully saturated rings. The molecule has 4 heteroatoms. The van der Waals surface area contributed by atoms with Gasteiger partial charge in [-0.1, -0.05) is 30.9 Å². The molecule has 0 aliphatic carbocycles. The number of benzene rings is 1. The molecule has 0 spiro atoms. The fourth-order valence-electron chi connectivity index (χ4n) is 1.11. The van der Waals surface area contributed by atoms with Crippen LogP contribution in [0.4, 0.5) is 13.2 Å². The zero-order valence-corrected chi connectivity index (χ0v) is 8.81. The standard InChI is InChI=1S/C12H12F3N/c1-2-10(16)8-7-9-5-3-4-6-11(9)12(13,14)15/h3-6,10H,2,16H2,1H3. The minimum Gasteiger partial charge on any atom is -0.318 e. The minimum absolute atomic E-state index is 0.0288. The Morgan fingerprint density at radius 2 is 1.94 bits per heavy atom. The van der Waals surface area contributed by atoms with Crippen molar-refractivity contribution in [2.75, 3.05) is 0 Å². The maximum absolute atomic E-state index is 12.6. The largest absolute Gasteiger partial charge is 0.417 e. The molecule has 2 N–H and O–H groups in total. The lowest BCUT2D eigenvalue weighted by Crippen LogP contribution is -2.15. The molecule has 0 saturated heterocycles. The topological polar surface area (TPSA) is 26.0 Å². The average Bonchev–Trinajstić information content (AvgIpc) is 2.25. The van der Waals surface area contributed by atoms with Crippen LogP contribution in [0.25, 0.3) is 0 Å². The fraction of sp³-hybridized carbons (Fsp3) is 0.333. The maximum atomic E-state index is 12.6. The molecule has 1 aromatic rings. The molecule has 16 heavy (non-hydrogen) atoms. The number of hydrogen-bond donors (Lipinski definition) is 1. The quantitative estimate of drug-likeness (QED) is 0.733. The Kier molecular flexibility index (Phi) is 3.97. The molecule has 1 aromatic carbocycles. The lowest BCUT2D eigenvalue weighted by molar-refractivity contribution is -0.137. The van der Waals surface area contributed by atoms with E-state index in [0.717, 1.165) is 6.07 Å². The van der Waals surface area contributed by atoms with Gasteiger partial charge in [0.2, 0.25) is 0 Å². The number of hydrogen-bond acceptors (Lipinski definition) is 1. The Morgan fingerprint density at radius 1 is 1.31 bits per heavy atom. The van der Waals surface area contributed by atoms with Crippen molar-refractivity contribution in [3.8, 4) is 11.8 Å². The Bertz CT molecular complexity index is 412. The monoisotopic (exact) mass is 227 g/mol. The van der Waals surface area contributed by atoms with Gasteiger partial charge < -0.3 is 5.73 Å². The summed E-state index contributed by atoms with van der Waals surface area (Å²) in [4.78, 5) is 0. The number of rotatable bonds is 1. The Labute approximate surface area is 92.5 Å². The number of nitrogens with two attached hydrogens (primary N) is 1. The van der Waals surface area contributed by atoms with Gasteiger partial charge in [-0.3, -0.25) is 0 Å². The smallest absolute Gasteiger partial charge is 0.318 e. The molecule has 0 bridgehead atoms. The molecule has 0 amide bonds. The van der Waals surface area contributed by atoms with Gasteiger partial charge in [0, 0.05) is 5.56 Å². The lowest BCUT2D eigenvalue weighted by atomic mass is 10.1. The van der Waals surface area contributed by atoms with Crippen molar-refractivity contribution < 1.29 is 13.2 Å². The van der Waals surface area contributed by atoms with Crippen LogP contribution in [0, 0.1) is 11.8 Å². The third-order valence-electron chi connectivity index (χ3n) is 2.06. The normalized spacial score (nSPS) is 12.8. The Hall–Kier alpha value is -1.47. The van der Waals surface area contributed by atoms with E-state index in [0.29, 0.717) is 6.42 Å². The summed E-state index contributed by atoms with van der Waals surface area (Å²) in [6.45, 7) is 1.83. The summed E-state index contributed by atoms with van der Waals surface area (Å²) in [7, 11) is 0. The van der Waals surface area contributed by atoms with E-state index in [9.17, 15) is 13.2 Å². The zero-order chi connectivity index (χ0) is 12.2. The third kappa shape index (κ3) is 3.28. The van der Waals surface area contributed by atoms with Crippen LogP contribution in [-0.2, 0) is 6.18 Å². The van der Waals surface area contributed by atoms with Gasteiger partial charge in [-0.05, 0) is 18.6 Å². The first-order valence-electron chi connectivity index (χ1n) is 4.88. The van der Waals surface area contributed by atoms with Crippen molar-refractivity contribution in [1.82, 2.24) is 0 Å². The van der Waals surface area contributed by atoms with E-state index >= 15 is 0 Å². The van der Waals surface area contributed by atoms with Crippen molar-refractivity contribution in [2.24, 2.45) is 5.73 Å². The third-order valence-corrected chi connectivity index (χ3v) is 2.06. The van der Waals surface area contributed by atoms with Crippen LogP contribution in [0.1, 0.15) is 24.5 Å². The van der Waals surface area contributed by atoms with Crippen LogP contribution in [-0.4, -0.2) is 6.04 Å². The van der Waals surface area contributed by atoms with Crippen LogP contribution in [0.3, 0.4) is 0 Å². The predicted molar refractivity (Wildman–Crippen MR) is 56.6 cm³/mol. The second-order valence-corrected chi connectivity index (χ2v) is 3.33. The average molecular weight is 227 g/mol. The second kappa shape index (κ2) is 5.04. The van der Waals surface area contributed by atoms with Crippen molar-refractivity contribution in [3.63, 3.8) is 0 Å². The molecule has 0 aliphatic heterocycles. The summed E-state index contributed by atoms with van der Waals surface area (Å²) in [5.74, 6) is 5.06. The van der Waals surface area contributed by atoms with Crippen molar-refractivity contribution in [1.29, 1.82) is 0 Å². The molecule has 86 valence electrons. The van der Waals surface area contributed by atoms with E-state index < -0.39 is 11.7 Å². The summed E-state index contributed by atoms with van der Waals surface area (Å²) in [5.41, 5.74) is 4.78. The molecule has 0 aromatic heterocycles. The summed E-state index contributed by atoms with van der Waals surface area (Å²) in [5, 5.41) is 0. The summed E-state index contributed by atoms with van der Waals surface area (Å²) >= 11 is 0. The van der Waals surface area contributed by atoms with E-state index in [4.69, 9.17) is 5.73 Å². The molecule has 1 rings (SSSR count). The van der Waals surface area contributed by atoms with Gasteiger partial charge in [0.15, 0.2) is 0 Å². The van der Waals surface area contributed by atoms with Gasteiger partial charge in [0.05, 0.1) is 11.6 Å². The number of alkyl halides is 3. The highest BCUT2D eigenvalue weighted by Crippen LogP contribution is 2.31. The Morgan fingerprint density at radius 3 is 2.50 bits per heavy atom. The zero-order valence-electron chi connectivity index (χ0n) is 8.81. The van der Waals surface area contributed by atoms with Crippen LogP contribution in [0.2, 0.25) is 0 Å². The molecule has 0 saturated carbocycles. The van der Waals surface area contributed by atoms with E-state index in [-0.39, 0.29) is 11.6 Å². The van der Waals surface area contributed by atoms with Gasteiger partial charge in [0.25, 0.3) is 0 Å². The lowest BCUT2D eigenvalue weighted by Gasteiger charge is -2.08. The van der Waals surface area contributed by atoms with E-state index in [1.807, 2.05) is 6.92 Å². The van der Waals surface area contributed by atoms with E-state index in [1.165, 1.54) is 18.2 Å². The van der Waals surface area contributed by atoms with Gasteiger partial charge in [-0.15, -0.1) is 0 Å². The first-order chi connectivity index (χ1) is 7.45. The molecule has 1 atom stereocenters. The summed E-state index contributed by atoms with van der Waals surface area (Å²) in [6.07, 6.45) is -3.76. The molecule has 1 unspecified atom stereocenters. The van der Waals surface area contributed by atoms with Crippen LogP contribution in [0.5, 0.6) is 0 Å². The van der Waals surface area contributed by atoms with Crippen LogP contribution < -0.4 is 5.73 Å². The number of halogens is 3. The Balaban J connectivity index is 3.08. The molecule has 1 nitrogen and oxygen atoms in total. The first kappa shape index (κ1) is 12.6. The highest BCUT2D eigenvalue weighted by atomic mass is 19.4. The van der Waals surface area contributed by atoms with Gasteiger partial charge >= 0.3 is 6.18 Å². The summed E-state index contributed by atoms with van der Waals surface area (Å²) < 4.78 is 37.7. The molecule has 0 heterocycles. The van der Waals surface area contributed by atoms with Crippen molar-refractivity contribution in [3.05, 3.63) is 35.4 Å². The van der Waals surface area contributed by atoms with Crippen LogP contribution >= 0.6 is 0 Å². The highest BCUT2D eigenvalue weighted by Gasteiger charge is 2.32. The molecular formula is C12H12F3N. The van der Waals surface area contributed by atoms with Crippen molar-refractivity contribution >= 4 is 0 Å². The van der Waals surface area contributed by atoms with Crippen LogP contribution in [0.15, 0.2) is 24.3 Å². The molecular weight excluding hydrogens is 215 g/mol. The van der Waals surface area contributed by atoms with Gasteiger partial charge in [-0.2, -0.15) is 13.2 Å². The second-order valence-electron chi connectivity index (χ2n) is 3.33. The van der Waals surface area contributed by atoms with E-state index in [2.05, 4.69) is 11.8 Å². The summed E-state index contributed by atoms with van der Waals surface area (Å²) in [6, 6.07) is 4.84. The van der Waals surface area contributed by atoms with Gasteiger partial charge in [-0.25, -0.2) is 0 Å². The molecule has 0 aliphatic rings. The fourth-order valence-corrected chi connectivity index (χ4v) is 1.11. The SMILES string of the molecule is CCC(N)C#Cc1ccccc1C(F)(F)F. The molecule has 0 radical (unpaired) electrons. The van der Waals surface area contributed by atoms with Gasteiger partial charge in [0.1, 0.15) is 0 Å².